The fourth-order valence-corrected chi connectivity index (χ4v) is 3.58. The van der Waals surface area contributed by atoms with Crippen molar-refractivity contribution in [1.29, 1.82) is 0 Å². The fourth-order valence-electron chi connectivity index (χ4n) is 2.19. The lowest BCUT2D eigenvalue weighted by molar-refractivity contribution is 0.599. The van der Waals surface area contributed by atoms with Crippen molar-refractivity contribution in [3.05, 3.63) is 69.7 Å². The van der Waals surface area contributed by atoms with Gasteiger partial charge in [0.1, 0.15) is 17.3 Å². The predicted octanol–water partition coefficient (Wildman–Crippen LogP) is 3.73. The van der Waals surface area contributed by atoms with Crippen molar-refractivity contribution in [2.75, 3.05) is 4.72 Å². The molecule has 5 nitrogen and oxygen atoms in total. The van der Waals surface area contributed by atoms with Gasteiger partial charge in [0.25, 0.3) is 10.0 Å². The van der Waals surface area contributed by atoms with Crippen LogP contribution in [0.15, 0.2) is 59.5 Å². The first-order chi connectivity index (χ1) is 11.4. The molecule has 0 fully saturated rings. The molecule has 0 atom stereocenters. The number of halogens is 2. The van der Waals surface area contributed by atoms with E-state index in [0.29, 0.717) is 5.69 Å². The summed E-state index contributed by atoms with van der Waals surface area (Å²) < 4.78 is 43.8. The molecule has 0 unspecified atom stereocenters. The Kier molecular flexibility index (Phi) is 4.59. The molecule has 2 aromatic carbocycles. The predicted molar refractivity (Wildman–Crippen MR) is 98.2 cm³/mol. The molecule has 8 heteroatoms. The maximum absolute atomic E-state index is 14.0. The molecule has 3 rings (SSSR count). The standard InChI is InChI=1S/C16H13FIN3O2S/c1-11-10-16(21(19-11)15-5-3-2-4-14(15)17)20-24(22,23)13-8-6-12(18)7-9-13/h2-10,20H,1H3. The normalized spacial score (nSPS) is 11.5. The van der Waals surface area contributed by atoms with Crippen LogP contribution in [0, 0.1) is 16.3 Å². The third-order valence-corrected chi connectivity index (χ3v) is 5.36. The van der Waals surface area contributed by atoms with Crippen LogP contribution in [0.2, 0.25) is 0 Å². The van der Waals surface area contributed by atoms with Crippen LogP contribution in [0.5, 0.6) is 0 Å². The van der Waals surface area contributed by atoms with Gasteiger partial charge in [-0.25, -0.2) is 17.5 Å². The van der Waals surface area contributed by atoms with Gasteiger partial charge in [0.15, 0.2) is 0 Å². The Hall–Kier alpha value is -1.94. The van der Waals surface area contributed by atoms with Gasteiger partial charge in [-0.1, -0.05) is 12.1 Å². The van der Waals surface area contributed by atoms with Gasteiger partial charge in [-0.2, -0.15) is 5.10 Å². The van der Waals surface area contributed by atoms with Gasteiger partial charge in [0.05, 0.1) is 10.6 Å². The highest BCUT2D eigenvalue weighted by Gasteiger charge is 2.19. The second kappa shape index (κ2) is 6.52. The zero-order chi connectivity index (χ0) is 17.3. The molecular weight excluding hydrogens is 444 g/mol. The summed E-state index contributed by atoms with van der Waals surface area (Å²) in [5.74, 6) is -0.313. The molecular formula is C16H13FIN3O2S. The number of aromatic nitrogens is 2. The number of anilines is 1. The fraction of sp³-hybridized carbons (Fsp3) is 0.0625. The number of hydrogen-bond donors (Lipinski definition) is 1. The lowest BCUT2D eigenvalue weighted by Gasteiger charge is -2.11. The van der Waals surface area contributed by atoms with E-state index >= 15 is 0 Å². The quantitative estimate of drug-likeness (QED) is 0.608. The molecule has 0 saturated heterocycles. The van der Waals surface area contributed by atoms with Crippen LogP contribution in [0.1, 0.15) is 5.69 Å². The van der Waals surface area contributed by atoms with E-state index in [9.17, 15) is 12.8 Å². The highest BCUT2D eigenvalue weighted by molar-refractivity contribution is 14.1. The first-order valence-corrected chi connectivity index (χ1v) is 9.53. The highest BCUT2D eigenvalue weighted by Crippen LogP contribution is 2.22. The van der Waals surface area contributed by atoms with E-state index in [4.69, 9.17) is 0 Å². The van der Waals surface area contributed by atoms with E-state index in [1.165, 1.54) is 28.9 Å². The van der Waals surface area contributed by atoms with Crippen molar-refractivity contribution in [2.24, 2.45) is 0 Å². The molecule has 0 aliphatic rings. The number of hydrogen-bond acceptors (Lipinski definition) is 3. The van der Waals surface area contributed by atoms with Crippen LogP contribution >= 0.6 is 22.6 Å². The molecule has 0 spiro atoms. The van der Waals surface area contributed by atoms with Crippen LogP contribution in [-0.2, 0) is 10.0 Å². The summed E-state index contributed by atoms with van der Waals surface area (Å²) >= 11 is 2.10. The number of aryl methyl sites for hydroxylation is 1. The van der Waals surface area contributed by atoms with Gasteiger partial charge >= 0.3 is 0 Å². The first-order valence-electron chi connectivity index (χ1n) is 6.97. The van der Waals surface area contributed by atoms with Gasteiger partial charge < -0.3 is 0 Å². The van der Waals surface area contributed by atoms with Crippen molar-refractivity contribution in [3.63, 3.8) is 0 Å². The molecule has 0 radical (unpaired) electrons. The minimum absolute atomic E-state index is 0.127. The summed E-state index contributed by atoms with van der Waals surface area (Å²) in [6.07, 6.45) is 0. The van der Waals surface area contributed by atoms with Gasteiger partial charge in [-0.15, -0.1) is 0 Å². The van der Waals surface area contributed by atoms with Crippen molar-refractivity contribution in [3.8, 4) is 5.69 Å². The number of sulfonamides is 1. The Morgan fingerprint density at radius 1 is 1.12 bits per heavy atom. The van der Waals surface area contributed by atoms with E-state index in [0.717, 1.165) is 3.57 Å². The Morgan fingerprint density at radius 3 is 2.46 bits per heavy atom. The first kappa shape index (κ1) is 16.9. The van der Waals surface area contributed by atoms with E-state index in [2.05, 4.69) is 32.4 Å². The monoisotopic (exact) mass is 457 g/mol. The molecule has 1 N–H and O–H groups in total. The Balaban J connectivity index is 2.02. The number of nitrogens with zero attached hydrogens (tertiary/aromatic N) is 2. The molecule has 3 aromatic rings. The molecule has 124 valence electrons. The van der Waals surface area contributed by atoms with Crippen LogP contribution < -0.4 is 4.72 Å². The summed E-state index contributed by atoms with van der Waals surface area (Å²) in [5, 5.41) is 4.18. The Bertz CT molecular complexity index is 985. The average molecular weight is 457 g/mol. The van der Waals surface area contributed by atoms with Crippen molar-refractivity contribution in [1.82, 2.24) is 9.78 Å². The largest absolute Gasteiger partial charge is 0.263 e. The van der Waals surface area contributed by atoms with E-state index in [-0.39, 0.29) is 16.4 Å². The van der Waals surface area contributed by atoms with Crippen LogP contribution in [-0.4, -0.2) is 18.2 Å². The molecule has 24 heavy (non-hydrogen) atoms. The van der Waals surface area contributed by atoms with E-state index in [1.54, 1.807) is 37.3 Å². The summed E-state index contributed by atoms with van der Waals surface area (Å²) in [7, 11) is -3.80. The minimum Gasteiger partial charge on any atom is -0.263 e. The zero-order valence-corrected chi connectivity index (χ0v) is 15.5. The summed E-state index contributed by atoms with van der Waals surface area (Å²) in [5.41, 5.74) is 0.740. The van der Waals surface area contributed by atoms with Crippen molar-refractivity contribution < 1.29 is 12.8 Å². The Labute approximate surface area is 152 Å². The average Bonchev–Trinajstić information content (AvgIpc) is 2.88. The lowest BCUT2D eigenvalue weighted by Crippen LogP contribution is -2.16. The molecule has 0 aliphatic heterocycles. The number of benzene rings is 2. The summed E-state index contributed by atoms with van der Waals surface area (Å²) in [4.78, 5) is 0.127. The molecule has 0 saturated carbocycles. The maximum Gasteiger partial charge on any atom is 0.263 e. The molecule has 0 bridgehead atoms. The third kappa shape index (κ3) is 3.44. The second-order valence-electron chi connectivity index (χ2n) is 5.09. The van der Waals surface area contributed by atoms with E-state index in [1.807, 2.05) is 0 Å². The molecule has 1 heterocycles. The molecule has 1 aromatic heterocycles. The SMILES string of the molecule is Cc1cc(NS(=O)(=O)c2ccc(I)cc2)n(-c2ccccc2F)n1. The summed E-state index contributed by atoms with van der Waals surface area (Å²) in [6, 6.07) is 14.0. The van der Waals surface area contributed by atoms with E-state index < -0.39 is 15.8 Å². The van der Waals surface area contributed by atoms with Gasteiger partial charge in [0.2, 0.25) is 0 Å². The number of rotatable bonds is 4. The van der Waals surface area contributed by atoms with Gasteiger partial charge in [-0.05, 0) is 65.9 Å². The van der Waals surface area contributed by atoms with Gasteiger partial charge in [0, 0.05) is 9.64 Å². The molecule has 0 amide bonds. The van der Waals surface area contributed by atoms with Crippen molar-refractivity contribution >= 4 is 38.4 Å². The molecule has 0 aliphatic carbocycles. The number of para-hydroxylation sites is 1. The maximum atomic E-state index is 14.0. The highest BCUT2D eigenvalue weighted by atomic mass is 127. The van der Waals surface area contributed by atoms with Gasteiger partial charge in [-0.3, -0.25) is 4.72 Å². The summed E-state index contributed by atoms with van der Waals surface area (Å²) in [6.45, 7) is 1.71. The smallest absolute Gasteiger partial charge is 0.263 e. The van der Waals surface area contributed by atoms with Crippen LogP contribution in [0.3, 0.4) is 0 Å². The topological polar surface area (TPSA) is 64.0 Å². The Morgan fingerprint density at radius 2 is 1.79 bits per heavy atom. The zero-order valence-electron chi connectivity index (χ0n) is 12.6. The minimum atomic E-state index is -3.80. The van der Waals surface area contributed by atoms with Crippen molar-refractivity contribution in [2.45, 2.75) is 11.8 Å². The van der Waals surface area contributed by atoms with Crippen LogP contribution in [0.4, 0.5) is 10.2 Å². The lowest BCUT2D eigenvalue weighted by atomic mass is 10.3. The van der Waals surface area contributed by atoms with Crippen LogP contribution in [0.25, 0.3) is 5.69 Å². The number of nitrogens with one attached hydrogen (secondary N) is 1. The third-order valence-electron chi connectivity index (χ3n) is 3.28. The second-order valence-corrected chi connectivity index (χ2v) is 8.02.